The number of thiocarbonyl (C=S) groups is 1. The molecule has 122 valence electrons. The quantitative estimate of drug-likeness (QED) is 0.380. The van der Waals surface area contributed by atoms with Gasteiger partial charge in [0.1, 0.15) is 15.8 Å². The molecule has 2 heterocycles. The zero-order valence-corrected chi connectivity index (χ0v) is 15.4. The number of hydrogen-bond acceptors (Lipinski definition) is 4. The van der Waals surface area contributed by atoms with Crippen molar-refractivity contribution in [1.82, 2.24) is 4.90 Å². The molecule has 1 fully saturated rings. The molecule has 0 saturated carbocycles. The summed E-state index contributed by atoms with van der Waals surface area (Å²) in [4.78, 5) is 14.3. The lowest BCUT2D eigenvalue weighted by atomic mass is 10.2. The van der Waals surface area contributed by atoms with E-state index in [0.717, 1.165) is 5.56 Å². The highest BCUT2D eigenvalue weighted by Crippen LogP contribution is 2.34. The number of benzene rings is 1. The first-order valence-electron chi connectivity index (χ1n) is 6.91. The van der Waals surface area contributed by atoms with Crippen LogP contribution in [0.4, 0.5) is 0 Å². The van der Waals surface area contributed by atoms with E-state index in [1.165, 1.54) is 16.7 Å². The summed E-state index contributed by atoms with van der Waals surface area (Å²) in [5, 5.41) is 0.940. The maximum atomic E-state index is 12.3. The zero-order chi connectivity index (χ0) is 17.3. The van der Waals surface area contributed by atoms with Crippen LogP contribution in [0, 0.1) is 0 Å². The molecule has 0 spiro atoms. The molecule has 0 atom stereocenters. The third-order valence-electron chi connectivity index (χ3n) is 3.29. The minimum atomic E-state index is -0.141. The molecule has 0 radical (unpaired) electrons. The molecule has 0 bridgehead atoms. The molecule has 1 amide bonds. The van der Waals surface area contributed by atoms with Crippen LogP contribution in [0.2, 0.25) is 10.0 Å². The maximum absolute atomic E-state index is 12.3. The predicted octanol–water partition coefficient (Wildman–Crippen LogP) is 5.64. The van der Waals surface area contributed by atoms with Gasteiger partial charge in [0.15, 0.2) is 0 Å². The first-order valence-corrected chi connectivity index (χ1v) is 8.89. The Hall–Kier alpha value is -1.53. The lowest BCUT2D eigenvalue weighted by molar-refractivity contribution is -0.121. The number of thioether (sulfide) groups is 1. The van der Waals surface area contributed by atoms with E-state index in [1.807, 2.05) is 12.1 Å². The van der Waals surface area contributed by atoms with E-state index in [0.29, 0.717) is 37.3 Å². The summed E-state index contributed by atoms with van der Waals surface area (Å²) >= 11 is 18.4. The van der Waals surface area contributed by atoms with Gasteiger partial charge in [0.05, 0.1) is 15.0 Å². The number of carbonyl (C=O) groups excluding carboxylic acids is 1. The van der Waals surface area contributed by atoms with Crippen LogP contribution < -0.4 is 0 Å². The summed E-state index contributed by atoms with van der Waals surface area (Å²) in [6, 6.07) is 8.87. The minimum absolute atomic E-state index is 0.141. The summed E-state index contributed by atoms with van der Waals surface area (Å²) in [7, 11) is 0. The van der Waals surface area contributed by atoms with E-state index in [4.69, 9.17) is 39.8 Å². The van der Waals surface area contributed by atoms with Crippen molar-refractivity contribution in [2.45, 2.75) is 0 Å². The highest BCUT2D eigenvalue weighted by molar-refractivity contribution is 8.26. The molecule has 0 N–H and O–H groups in total. The van der Waals surface area contributed by atoms with Gasteiger partial charge < -0.3 is 4.42 Å². The summed E-state index contributed by atoms with van der Waals surface area (Å²) in [5.74, 6) is 1.06. The molecule has 1 aromatic carbocycles. The molecule has 24 heavy (non-hydrogen) atoms. The number of nitrogens with zero attached hydrogens (tertiary/aromatic N) is 1. The second kappa shape index (κ2) is 7.15. The zero-order valence-electron chi connectivity index (χ0n) is 12.3. The number of hydrogen-bond donors (Lipinski definition) is 0. The van der Waals surface area contributed by atoms with E-state index in [1.54, 1.807) is 30.4 Å². The van der Waals surface area contributed by atoms with Crippen LogP contribution in [-0.4, -0.2) is 21.7 Å². The van der Waals surface area contributed by atoms with E-state index in [2.05, 4.69) is 6.58 Å². The van der Waals surface area contributed by atoms with Crippen LogP contribution in [0.1, 0.15) is 5.76 Å². The molecular weight excluding hydrogens is 385 g/mol. The molecule has 1 aliphatic heterocycles. The first kappa shape index (κ1) is 17.3. The molecule has 7 heteroatoms. The smallest absolute Gasteiger partial charge is 0.266 e. The number of rotatable bonds is 4. The number of amides is 1. The Labute approximate surface area is 158 Å². The fraction of sp³-hybridized carbons (Fsp3) is 0.0588. The van der Waals surface area contributed by atoms with Crippen molar-refractivity contribution in [3.05, 3.63) is 63.7 Å². The van der Waals surface area contributed by atoms with E-state index in [9.17, 15) is 4.79 Å². The van der Waals surface area contributed by atoms with E-state index in [-0.39, 0.29) is 5.91 Å². The third-order valence-corrected chi connectivity index (χ3v) is 5.41. The lowest BCUT2D eigenvalue weighted by Crippen LogP contribution is -2.27. The summed E-state index contributed by atoms with van der Waals surface area (Å²) in [6.07, 6.45) is 3.33. The van der Waals surface area contributed by atoms with Gasteiger partial charge in [-0.3, -0.25) is 9.69 Å². The fourth-order valence-electron chi connectivity index (χ4n) is 2.15. The van der Waals surface area contributed by atoms with Crippen LogP contribution in [0.3, 0.4) is 0 Å². The Balaban J connectivity index is 1.86. The summed E-state index contributed by atoms with van der Waals surface area (Å²) in [6.45, 7) is 4.03. The summed E-state index contributed by atoms with van der Waals surface area (Å²) in [5.41, 5.74) is 0.809. The Morgan fingerprint density at radius 1 is 1.25 bits per heavy atom. The van der Waals surface area contributed by atoms with Crippen molar-refractivity contribution in [2.24, 2.45) is 0 Å². The van der Waals surface area contributed by atoms with Crippen LogP contribution in [-0.2, 0) is 4.79 Å². The molecule has 1 aromatic heterocycles. The van der Waals surface area contributed by atoms with Gasteiger partial charge in [-0.1, -0.05) is 53.3 Å². The Morgan fingerprint density at radius 2 is 2.04 bits per heavy atom. The van der Waals surface area contributed by atoms with Crippen molar-refractivity contribution >= 4 is 63.5 Å². The lowest BCUT2D eigenvalue weighted by Gasteiger charge is -2.10. The van der Waals surface area contributed by atoms with Crippen LogP contribution in [0.25, 0.3) is 17.4 Å². The second-order valence-electron chi connectivity index (χ2n) is 4.91. The number of halogens is 2. The Kier molecular flexibility index (Phi) is 5.15. The first-order chi connectivity index (χ1) is 11.5. The van der Waals surface area contributed by atoms with Crippen molar-refractivity contribution in [1.29, 1.82) is 0 Å². The highest BCUT2D eigenvalue weighted by Gasteiger charge is 2.31. The van der Waals surface area contributed by atoms with Gasteiger partial charge in [-0.05, 0) is 30.3 Å². The topological polar surface area (TPSA) is 33.5 Å². The highest BCUT2D eigenvalue weighted by atomic mass is 35.5. The van der Waals surface area contributed by atoms with E-state index < -0.39 is 0 Å². The van der Waals surface area contributed by atoms with Crippen molar-refractivity contribution in [2.75, 3.05) is 6.54 Å². The molecule has 2 aromatic rings. The molecule has 0 unspecified atom stereocenters. The maximum Gasteiger partial charge on any atom is 0.266 e. The van der Waals surface area contributed by atoms with Gasteiger partial charge in [-0.2, -0.15) is 0 Å². The second-order valence-corrected chi connectivity index (χ2v) is 7.40. The van der Waals surface area contributed by atoms with Gasteiger partial charge >= 0.3 is 0 Å². The number of carbonyl (C=O) groups is 1. The normalized spacial score (nSPS) is 16.2. The Bertz CT molecular complexity index is 873. The van der Waals surface area contributed by atoms with Crippen LogP contribution in [0.5, 0.6) is 0 Å². The molecule has 3 nitrogen and oxygen atoms in total. The van der Waals surface area contributed by atoms with Crippen molar-refractivity contribution < 1.29 is 9.21 Å². The van der Waals surface area contributed by atoms with Gasteiger partial charge in [0.25, 0.3) is 5.91 Å². The standard InChI is InChI=1S/C17H11Cl2NO2S2/c1-2-7-20-16(21)15(24-17(20)23)9-11-4-6-14(22-11)10-3-5-12(18)13(19)8-10/h2-6,8-9H,1,7H2. The van der Waals surface area contributed by atoms with Crippen LogP contribution >= 0.6 is 47.2 Å². The molecular formula is C17H11Cl2NO2S2. The average molecular weight is 396 g/mol. The fourth-order valence-corrected chi connectivity index (χ4v) is 3.70. The predicted molar refractivity (Wildman–Crippen MR) is 104 cm³/mol. The van der Waals surface area contributed by atoms with Gasteiger partial charge in [0, 0.05) is 18.2 Å². The van der Waals surface area contributed by atoms with E-state index >= 15 is 0 Å². The molecule has 1 saturated heterocycles. The van der Waals surface area contributed by atoms with Crippen molar-refractivity contribution in [3.8, 4) is 11.3 Å². The summed E-state index contributed by atoms with van der Waals surface area (Å²) < 4.78 is 6.30. The van der Waals surface area contributed by atoms with Crippen molar-refractivity contribution in [3.63, 3.8) is 0 Å². The van der Waals surface area contributed by atoms with Crippen LogP contribution in [0.15, 0.2) is 52.3 Å². The van der Waals surface area contributed by atoms with Gasteiger partial charge in [-0.15, -0.1) is 6.58 Å². The number of furan rings is 1. The average Bonchev–Trinajstić information content (AvgIpc) is 3.11. The Morgan fingerprint density at radius 3 is 2.75 bits per heavy atom. The molecule has 3 rings (SSSR count). The molecule has 1 aliphatic rings. The monoisotopic (exact) mass is 395 g/mol. The van der Waals surface area contributed by atoms with Gasteiger partial charge in [0.2, 0.25) is 0 Å². The SMILES string of the molecule is C=CCN1C(=O)C(=Cc2ccc(-c3ccc(Cl)c(Cl)c3)o2)SC1=S. The largest absolute Gasteiger partial charge is 0.457 e. The third kappa shape index (κ3) is 3.44. The molecule has 0 aliphatic carbocycles. The minimum Gasteiger partial charge on any atom is -0.457 e. The van der Waals surface area contributed by atoms with Gasteiger partial charge in [-0.25, -0.2) is 0 Å².